The van der Waals surface area contributed by atoms with Gasteiger partial charge in [-0.2, -0.15) is 0 Å². The average Bonchev–Trinajstić information content (AvgIpc) is 2.63. The lowest BCUT2D eigenvalue weighted by Gasteiger charge is -2.10. The van der Waals surface area contributed by atoms with Crippen LogP contribution in [0, 0.1) is 41.5 Å². The Morgan fingerprint density at radius 3 is 1.62 bits per heavy atom. The fourth-order valence-electron chi connectivity index (χ4n) is 3.42. The highest BCUT2D eigenvalue weighted by atomic mass is 16.5. The lowest BCUT2D eigenvalue weighted by Crippen LogP contribution is -2.15. The van der Waals surface area contributed by atoms with Crippen molar-refractivity contribution in [2.45, 2.75) is 47.8 Å². The van der Waals surface area contributed by atoms with E-state index in [9.17, 15) is 0 Å². The van der Waals surface area contributed by atoms with Crippen LogP contribution in [-0.4, -0.2) is 38.8 Å². The molecule has 0 radical (unpaired) electrons. The van der Waals surface area contributed by atoms with E-state index in [-0.39, 0.29) is 0 Å². The molecule has 1 unspecified atom stereocenters. The second-order valence-corrected chi connectivity index (χ2v) is 7.33. The minimum absolute atomic E-state index is 0.375. The number of aliphatic imine (C=N–C) groups is 3. The van der Waals surface area contributed by atoms with Gasteiger partial charge in [0.2, 0.25) is 5.90 Å². The maximum absolute atomic E-state index is 5.44. The van der Waals surface area contributed by atoms with E-state index in [1.54, 1.807) is 26.6 Å². The van der Waals surface area contributed by atoms with Gasteiger partial charge in [-0.3, -0.25) is 9.98 Å². The minimum Gasteiger partial charge on any atom is -0.480 e. The van der Waals surface area contributed by atoms with Gasteiger partial charge in [0.25, 0.3) is 0 Å². The van der Waals surface area contributed by atoms with Crippen molar-refractivity contribution in [1.29, 1.82) is 0 Å². The Morgan fingerprint density at radius 2 is 1.21 bits per heavy atom. The van der Waals surface area contributed by atoms with Crippen LogP contribution in [0.5, 0.6) is 0 Å². The highest BCUT2D eigenvalue weighted by Gasteiger charge is 2.07. The summed E-state index contributed by atoms with van der Waals surface area (Å²) < 4.78 is 10.8. The Hall–Kier alpha value is -2.79. The number of hydrogen-bond acceptors (Lipinski definition) is 5. The normalized spacial score (nSPS) is 13.4. The summed E-state index contributed by atoms with van der Waals surface area (Å²) in [6.07, 6.45) is 2.73. The maximum Gasteiger partial charge on any atom is 0.230 e. The first-order valence-corrected chi connectivity index (χ1v) is 9.63. The molecule has 5 nitrogen and oxygen atoms in total. The molecular formula is C24H31N3O2. The molecule has 0 saturated carbocycles. The molecule has 0 aliphatic rings. The Bertz CT molecular complexity index is 913. The maximum atomic E-state index is 5.44. The fourth-order valence-corrected chi connectivity index (χ4v) is 3.42. The second-order valence-electron chi connectivity index (χ2n) is 7.33. The van der Waals surface area contributed by atoms with E-state index < -0.39 is 6.23 Å². The van der Waals surface area contributed by atoms with E-state index in [1.807, 2.05) is 13.8 Å². The van der Waals surface area contributed by atoms with Crippen molar-refractivity contribution < 1.29 is 9.47 Å². The van der Waals surface area contributed by atoms with Crippen LogP contribution in [0.4, 0.5) is 11.4 Å². The third-order valence-electron chi connectivity index (χ3n) is 4.61. The lowest BCUT2D eigenvalue weighted by atomic mass is 10.1. The number of hydrogen-bond donors (Lipinski definition) is 0. The molecule has 0 aliphatic carbocycles. The molecule has 0 saturated heterocycles. The number of methoxy groups -OCH3 is 2. The Labute approximate surface area is 174 Å². The molecule has 0 spiro atoms. The summed E-state index contributed by atoms with van der Waals surface area (Å²) in [6.45, 7) is 12.4. The molecule has 5 heteroatoms. The third kappa shape index (κ3) is 6.09. The van der Waals surface area contributed by atoms with E-state index in [1.165, 1.54) is 11.1 Å². The molecule has 1 atom stereocenters. The molecule has 154 valence electrons. The van der Waals surface area contributed by atoms with Crippen LogP contribution in [0.2, 0.25) is 0 Å². The molecule has 2 rings (SSSR count). The van der Waals surface area contributed by atoms with Gasteiger partial charge in [0.1, 0.15) is 0 Å². The van der Waals surface area contributed by atoms with Gasteiger partial charge in [0.05, 0.1) is 30.9 Å². The summed E-state index contributed by atoms with van der Waals surface area (Å²) >= 11 is 0. The third-order valence-corrected chi connectivity index (χ3v) is 4.61. The van der Waals surface area contributed by atoms with Crippen LogP contribution in [0.15, 0.2) is 39.2 Å². The minimum atomic E-state index is -0.572. The smallest absolute Gasteiger partial charge is 0.230 e. The van der Waals surface area contributed by atoms with Gasteiger partial charge in [-0.05, 0) is 63.8 Å². The summed E-state index contributed by atoms with van der Waals surface area (Å²) in [7, 11) is 3.16. The Kier molecular flexibility index (Phi) is 7.85. The molecule has 0 heterocycles. The van der Waals surface area contributed by atoms with Gasteiger partial charge >= 0.3 is 0 Å². The number of ether oxygens (including phenoxy) is 2. The van der Waals surface area contributed by atoms with Crippen molar-refractivity contribution in [3.63, 3.8) is 0 Å². The molecule has 0 fully saturated rings. The van der Waals surface area contributed by atoms with Gasteiger partial charge in [-0.1, -0.05) is 35.4 Å². The van der Waals surface area contributed by atoms with Crippen LogP contribution in [-0.2, 0) is 9.47 Å². The summed E-state index contributed by atoms with van der Waals surface area (Å²) in [6, 6.07) is 8.45. The number of benzene rings is 2. The van der Waals surface area contributed by atoms with Crippen molar-refractivity contribution in [3.05, 3.63) is 57.6 Å². The van der Waals surface area contributed by atoms with Crippen molar-refractivity contribution >= 4 is 29.7 Å². The molecule has 0 aliphatic heterocycles. The Balaban J connectivity index is 2.26. The van der Waals surface area contributed by atoms with E-state index in [0.717, 1.165) is 33.6 Å². The first-order chi connectivity index (χ1) is 13.7. The lowest BCUT2D eigenvalue weighted by molar-refractivity contribution is 0.164. The molecule has 0 aromatic heterocycles. The second kappa shape index (κ2) is 10.1. The van der Waals surface area contributed by atoms with Gasteiger partial charge in [-0.25, -0.2) is 4.99 Å². The SMILES string of the molecule is CO/C(C=Nc1c(C)cc(C)cc1C)=N/C(C=Nc1c(C)cc(C)cc1C)OC. The van der Waals surface area contributed by atoms with Crippen LogP contribution in [0.3, 0.4) is 0 Å². The highest BCUT2D eigenvalue weighted by Crippen LogP contribution is 2.25. The van der Waals surface area contributed by atoms with Gasteiger partial charge in [-0.15, -0.1) is 0 Å². The largest absolute Gasteiger partial charge is 0.480 e. The molecule has 2 aromatic carbocycles. The van der Waals surface area contributed by atoms with Gasteiger partial charge < -0.3 is 9.47 Å². The van der Waals surface area contributed by atoms with Crippen molar-refractivity contribution in [3.8, 4) is 0 Å². The molecule has 2 aromatic rings. The van der Waals surface area contributed by atoms with E-state index in [4.69, 9.17) is 9.47 Å². The average molecular weight is 394 g/mol. The van der Waals surface area contributed by atoms with Crippen LogP contribution in [0.25, 0.3) is 0 Å². The summed E-state index contributed by atoms with van der Waals surface area (Å²) in [4.78, 5) is 13.7. The number of nitrogens with zero attached hydrogens (tertiary/aromatic N) is 3. The van der Waals surface area contributed by atoms with Gasteiger partial charge in [0.15, 0.2) is 6.23 Å². The zero-order valence-corrected chi connectivity index (χ0v) is 18.7. The van der Waals surface area contributed by atoms with Crippen molar-refractivity contribution in [2.24, 2.45) is 15.0 Å². The summed E-state index contributed by atoms with van der Waals surface area (Å²) in [5.74, 6) is 0.375. The number of aryl methyl sites for hydroxylation is 6. The summed E-state index contributed by atoms with van der Waals surface area (Å²) in [5, 5.41) is 0. The molecular weight excluding hydrogens is 362 g/mol. The predicted molar refractivity (Wildman–Crippen MR) is 123 cm³/mol. The molecule has 0 N–H and O–H groups in total. The zero-order valence-electron chi connectivity index (χ0n) is 18.7. The van der Waals surface area contributed by atoms with Crippen LogP contribution >= 0.6 is 0 Å². The molecule has 0 amide bonds. The Morgan fingerprint density at radius 1 is 0.759 bits per heavy atom. The predicted octanol–water partition coefficient (Wildman–Crippen LogP) is 5.66. The summed E-state index contributed by atoms with van der Waals surface area (Å²) in [5.41, 5.74) is 8.78. The highest BCUT2D eigenvalue weighted by molar-refractivity contribution is 6.27. The standard InChI is InChI=1S/C24H31N3O2/c1-15-9-17(3)23(18(4)10-15)25-13-21(28-7)27-22(29-8)14-26-24-19(5)11-16(2)12-20(24)6/h9-14,21H,1-8H3/b25-13?,26-14?,27-22+. The van der Waals surface area contributed by atoms with Crippen LogP contribution in [0.1, 0.15) is 33.4 Å². The quantitative estimate of drug-likeness (QED) is 0.470. The first kappa shape index (κ1) is 22.5. The van der Waals surface area contributed by atoms with E-state index >= 15 is 0 Å². The van der Waals surface area contributed by atoms with Crippen LogP contribution < -0.4 is 0 Å². The zero-order chi connectivity index (χ0) is 21.6. The first-order valence-electron chi connectivity index (χ1n) is 9.63. The van der Waals surface area contributed by atoms with E-state index in [0.29, 0.717) is 5.90 Å². The molecule has 29 heavy (non-hydrogen) atoms. The monoisotopic (exact) mass is 393 g/mol. The van der Waals surface area contributed by atoms with Gasteiger partial charge in [0, 0.05) is 7.11 Å². The fraction of sp³-hybridized carbons (Fsp3) is 0.375. The molecule has 0 bridgehead atoms. The topological polar surface area (TPSA) is 55.5 Å². The van der Waals surface area contributed by atoms with Crippen molar-refractivity contribution in [2.75, 3.05) is 14.2 Å². The van der Waals surface area contributed by atoms with Crippen molar-refractivity contribution in [1.82, 2.24) is 0 Å². The number of rotatable bonds is 6. The van der Waals surface area contributed by atoms with E-state index in [2.05, 4.69) is 66.9 Å².